The number of unbranched alkanes of at least 4 members (excludes halogenated alkanes) is 24. The van der Waals surface area contributed by atoms with E-state index in [0.29, 0.717) is 37.5 Å². The fraction of sp³-hybridized carbons (Fsp3) is 0.955. The van der Waals surface area contributed by atoms with Gasteiger partial charge in [-0.2, -0.15) is 0 Å². The first-order valence-electron chi connectivity index (χ1n) is 21.3. The first-order chi connectivity index (χ1) is 22.5. The second-order valence-electron chi connectivity index (χ2n) is 16.6. The summed E-state index contributed by atoms with van der Waals surface area (Å²) in [6.07, 6.45) is 36.3. The lowest BCUT2D eigenvalue weighted by atomic mass is 9.83. The maximum absolute atomic E-state index is 13.7. The van der Waals surface area contributed by atoms with E-state index in [4.69, 9.17) is 4.74 Å². The molecule has 2 unspecified atom stereocenters. The van der Waals surface area contributed by atoms with E-state index < -0.39 is 11.2 Å². The Morgan fingerprint density at radius 1 is 0.404 bits per heavy atom. The highest BCUT2D eigenvalue weighted by molar-refractivity contribution is 5.90. The fourth-order valence-electron chi connectivity index (χ4n) is 7.62. The third-order valence-electron chi connectivity index (χ3n) is 10.2. The van der Waals surface area contributed by atoms with Gasteiger partial charge in [0.15, 0.2) is 11.6 Å². The zero-order valence-electron chi connectivity index (χ0n) is 33.6. The molecule has 0 aromatic heterocycles. The summed E-state index contributed by atoms with van der Waals surface area (Å²) in [6, 6.07) is 0. The Morgan fingerprint density at radius 2 is 0.617 bits per heavy atom. The van der Waals surface area contributed by atoms with Gasteiger partial charge in [-0.15, -0.1) is 0 Å². The van der Waals surface area contributed by atoms with Crippen LogP contribution >= 0.6 is 0 Å². The molecule has 0 fully saturated rings. The molecule has 0 N–H and O–H groups in total. The summed E-state index contributed by atoms with van der Waals surface area (Å²) in [5.41, 5.74) is -1.80. The molecule has 0 aromatic carbocycles. The van der Waals surface area contributed by atoms with Crippen molar-refractivity contribution in [2.24, 2.45) is 11.8 Å². The largest absolute Gasteiger partial charge is 0.354 e. The third kappa shape index (κ3) is 25.9. The number of Topliss-reactive ketones (excluding diaryl/α,β-unsaturated/α-hetero) is 2. The van der Waals surface area contributed by atoms with E-state index >= 15 is 0 Å². The standard InChI is InChI=1S/C44H86O3/c1-9-11-13-15-17-19-21-23-25-27-29-31-33-35-41(45)43(7,37-39(3)4)47-44(8,38-40(5)6)42(46)36-34-32-30-28-26-24-22-20-18-16-14-12-10-2/h39-40H,9-38H2,1-8H3. The first-order valence-corrected chi connectivity index (χ1v) is 21.3. The van der Waals surface area contributed by atoms with Gasteiger partial charge in [0.1, 0.15) is 11.2 Å². The summed E-state index contributed by atoms with van der Waals surface area (Å²) in [5.74, 6) is 1.04. The molecule has 0 radical (unpaired) electrons. The molecule has 47 heavy (non-hydrogen) atoms. The Labute approximate surface area is 296 Å². The molecule has 2 atom stereocenters. The predicted molar refractivity (Wildman–Crippen MR) is 207 cm³/mol. The lowest BCUT2D eigenvalue weighted by Gasteiger charge is -2.40. The number of carbonyl (C=O) groups excluding carboxylic acids is 2. The van der Waals surface area contributed by atoms with Gasteiger partial charge in [0, 0.05) is 12.8 Å². The van der Waals surface area contributed by atoms with E-state index in [1.807, 2.05) is 13.8 Å². The zero-order chi connectivity index (χ0) is 35.2. The summed E-state index contributed by atoms with van der Waals surface area (Å²) in [7, 11) is 0. The molecule has 0 aliphatic carbocycles. The smallest absolute Gasteiger partial charge is 0.164 e. The third-order valence-corrected chi connectivity index (χ3v) is 10.2. The van der Waals surface area contributed by atoms with Gasteiger partial charge in [-0.25, -0.2) is 0 Å². The summed E-state index contributed by atoms with van der Waals surface area (Å²) >= 11 is 0. The minimum absolute atomic E-state index is 0.193. The quantitative estimate of drug-likeness (QED) is 0.0627. The van der Waals surface area contributed by atoms with Crippen LogP contribution in [0.5, 0.6) is 0 Å². The van der Waals surface area contributed by atoms with E-state index in [2.05, 4.69) is 41.5 Å². The van der Waals surface area contributed by atoms with Crippen LogP contribution in [0.2, 0.25) is 0 Å². The average molecular weight is 663 g/mol. The Hall–Kier alpha value is -0.700. The highest BCUT2D eigenvalue weighted by Gasteiger charge is 2.44. The van der Waals surface area contributed by atoms with E-state index in [1.165, 1.54) is 141 Å². The van der Waals surface area contributed by atoms with Crippen LogP contribution in [0.15, 0.2) is 0 Å². The molecular weight excluding hydrogens is 576 g/mol. The summed E-state index contributed by atoms with van der Waals surface area (Å²) in [4.78, 5) is 27.5. The molecule has 0 amide bonds. The normalized spacial score (nSPS) is 14.5. The van der Waals surface area contributed by atoms with Crippen LogP contribution in [0, 0.1) is 11.8 Å². The Kier molecular flexibility index (Phi) is 29.7. The molecule has 0 bridgehead atoms. The molecule has 0 rings (SSSR count). The van der Waals surface area contributed by atoms with Crippen molar-refractivity contribution in [3.8, 4) is 0 Å². The SMILES string of the molecule is CCCCCCCCCCCCCCCC(=O)C(C)(CC(C)C)OC(C)(CC(C)C)C(=O)CCCCCCCCCCCCCCC. The topological polar surface area (TPSA) is 43.4 Å². The van der Waals surface area contributed by atoms with Crippen LogP contribution in [0.4, 0.5) is 0 Å². The van der Waals surface area contributed by atoms with Gasteiger partial charge in [-0.05, 0) is 51.4 Å². The number of hydrogen-bond acceptors (Lipinski definition) is 3. The zero-order valence-corrected chi connectivity index (χ0v) is 33.6. The summed E-state index contributed by atoms with van der Waals surface area (Å²) < 4.78 is 6.80. The van der Waals surface area contributed by atoms with E-state index in [0.717, 1.165) is 25.7 Å². The second-order valence-corrected chi connectivity index (χ2v) is 16.6. The van der Waals surface area contributed by atoms with Crippen molar-refractivity contribution in [2.45, 2.75) is 259 Å². The number of ketones is 2. The second kappa shape index (κ2) is 30.2. The average Bonchev–Trinajstić information content (AvgIpc) is 3.00. The number of ether oxygens (including phenoxy) is 1. The Morgan fingerprint density at radius 3 is 0.830 bits per heavy atom. The molecule has 0 aliphatic rings. The number of rotatable bonds is 36. The molecule has 0 aromatic rings. The lowest BCUT2D eigenvalue weighted by Crippen LogP contribution is -2.51. The van der Waals surface area contributed by atoms with Crippen LogP contribution in [0.1, 0.15) is 248 Å². The maximum Gasteiger partial charge on any atom is 0.164 e. The van der Waals surface area contributed by atoms with Crippen LogP contribution in [-0.4, -0.2) is 22.8 Å². The number of hydrogen-bond donors (Lipinski definition) is 0. The Bertz CT molecular complexity index is 668. The Balaban J connectivity index is 4.60. The van der Waals surface area contributed by atoms with Crippen molar-refractivity contribution in [3.05, 3.63) is 0 Å². The van der Waals surface area contributed by atoms with Crippen molar-refractivity contribution < 1.29 is 14.3 Å². The van der Waals surface area contributed by atoms with Crippen molar-refractivity contribution >= 4 is 11.6 Å². The molecule has 0 aliphatic heterocycles. The highest BCUT2D eigenvalue weighted by Crippen LogP contribution is 2.35. The molecule has 3 nitrogen and oxygen atoms in total. The molecule has 280 valence electrons. The maximum atomic E-state index is 13.7. The van der Waals surface area contributed by atoms with Gasteiger partial charge in [-0.1, -0.05) is 196 Å². The van der Waals surface area contributed by atoms with Crippen molar-refractivity contribution in [1.82, 2.24) is 0 Å². The van der Waals surface area contributed by atoms with Crippen molar-refractivity contribution in [2.75, 3.05) is 0 Å². The summed E-state index contributed by atoms with van der Waals surface area (Å²) in [5, 5.41) is 0. The first kappa shape index (κ1) is 46.3. The molecule has 0 saturated heterocycles. The van der Waals surface area contributed by atoms with Gasteiger partial charge in [0.2, 0.25) is 0 Å². The lowest BCUT2D eigenvalue weighted by molar-refractivity contribution is -0.182. The molecule has 3 heteroatoms. The minimum atomic E-state index is -0.902. The molecule has 0 saturated carbocycles. The van der Waals surface area contributed by atoms with Gasteiger partial charge < -0.3 is 4.74 Å². The van der Waals surface area contributed by atoms with Crippen LogP contribution in [0.3, 0.4) is 0 Å². The van der Waals surface area contributed by atoms with E-state index in [1.54, 1.807) is 0 Å². The minimum Gasteiger partial charge on any atom is -0.354 e. The van der Waals surface area contributed by atoms with Crippen molar-refractivity contribution in [3.63, 3.8) is 0 Å². The van der Waals surface area contributed by atoms with Gasteiger partial charge in [0.25, 0.3) is 0 Å². The van der Waals surface area contributed by atoms with Crippen LogP contribution in [0.25, 0.3) is 0 Å². The van der Waals surface area contributed by atoms with Gasteiger partial charge in [0.05, 0.1) is 0 Å². The predicted octanol–water partition coefficient (Wildman–Crippen LogP) is 14.7. The monoisotopic (exact) mass is 663 g/mol. The van der Waals surface area contributed by atoms with Crippen LogP contribution in [-0.2, 0) is 14.3 Å². The van der Waals surface area contributed by atoms with Gasteiger partial charge >= 0.3 is 0 Å². The highest BCUT2D eigenvalue weighted by atomic mass is 16.5. The molecule has 0 heterocycles. The van der Waals surface area contributed by atoms with Gasteiger partial charge in [-0.3, -0.25) is 9.59 Å². The van der Waals surface area contributed by atoms with Crippen molar-refractivity contribution in [1.29, 1.82) is 0 Å². The van der Waals surface area contributed by atoms with E-state index in [9.17, 15) is 9.59 Å². The van der Waals surface area contributed by atoms with Crippen LogP contribution < -0.4 is 0 Å². The van der Waals surface area contributed by atoms with E-state index in [-0.39, 0.29) is 11.6 Å². The number of carbonyl (C=O) groups is 2. The summed E-state index contributed by atoms with van der Waals surface area (Å²) in [6.45, 7) is 17.2. The molecular formula is C44H86O3. The fourth-order valence-corrected chi connectivity index (χ4v) is 7.62. The molecule has 0 spiro atoms.